The second-order valence-electron chi connectivity index (χ2n) is 0.684. The Labute approximate surface area is 34.7 Å². The molecule has 0 heterocycles. The van der Waals surface area contributed by atoms with Crippen LogP contribution in [0.25, 0.3) is 0 Å². The van der Waals surface area contributed by atoms with E-state index in [2.05, 4.69) is 5.03 Å². The van der Waals surface area contributed by atoms with E-state index in [0.717, 1.165) is 0 Å². The zero-order valence-electron chi connectivity index (χ0n) is 4.94. The molecule has 1 unspecified atom stereocenters. The molecule has 1 atom stereocenters. The van der Waals surface area contributed by atoms with Gasteiger partial charge in [-0.2, -0.15) is 0 Å². The third-order valence-electron chi connectivity index (χ3n) is 0.262. The number of hydrogen-bond donors (Lipinski definition) is 1. The lowest BCUT2D eigenvalue weighted by atomic mass is 9.77. The zero-order valence-corrected chi connectivity index (χ0v) is 2.94. The fraction of sp³-hybridized carbons (Fsp3) is 1.00. The lowest BCUT2D eigenvalue weighted by molar-refractivity contribution is 0.503. The van der Waals surface area contributed by atoms with Crippen LogP contribution in [-0.4, -0.2) is 21.5 Å². The van der Waals surface area contributed by atoms with E-state index < -0.39 is 13.4 Å². The van der Waals surface area contributed by atoms with Crippen LogP contribution in [0.1, 0.15) is 1.37 Å². The first-order valence-electron chi connectivity index (χ1n) is 2.35. The summed E-state index contributed by atoms with van der Waals surface area (Å²) < 4.78 is 24.2. The maximum absolute atomic E-state index is 11.7. The lowest BCUT2D eigenvalue weighted by Gasteiger charge is -1.77. The Hall–Kier alpha value is 0.0199. The highest BCUT2D eigenvalue weighted by molar-refractivity contribution is 6.52. The highest BCUT2D eigenvalue weighted by atomic mass is 19.1. The molecule has 0 spiro atoms. The van der Waals surface area contributed by atoms with Gasteiger partial charge in [0.1, 0.15) is 0 Å². The van der Waals surface area contributed by atoms with Gasteiger partial charge in [-0.25, -0.2) is 0 Å². The first kappa shape index (κ1) is 2.24. The molecule has 0 fully saturated rings. The minimum absolute atomic E-state index is 0.961. The van der Waals surface area contributed by atoms with E-state index in [1.54, 1.807) is 0 Å². The molecule has 4 heteroatoms. The van der Waals surface area contributed by atoms with Crippen molar-refractivity contribution in [2.24, 2.45) is 0 Å². The van der Waals surface area contributed by atoms with Gasteiger partial charge in [0.25, 0.3) is 0 Å². The monoisotopic (exact) mass is 77.1 g/mol. The summed E-state index contributed by atoms with van der Waals surface area (Å²) in [5.74, 6) is 0. The molecule has 0 aliphatic heterocycles. The maximum atomic E-state index is 11.7. The van der Waals surface area contributed by atoms with Gasteiger partial charge in [0, 0.05) is 1.37 Å². The summed E-state index contributed by atoms with van der Waals surface area (Å²) in [4.78, 5) is 0. The van der Waals surface area contributed by atoms with Gasteiger partial charge in [0.2, 0.25) is 0 Å². The highest BCUT2D eigenvalue weighted by Crippen LogP contribution is 1.77. The van der Waals surface area contributed by atoms with Crippen molar-refractivity contribution in [3.63, 3.8) is 0 Å². The largest absolute Gasteiger partial charge is 0.488 e. The minimum Gasteiger partial charge on any atom is -0.424 e. The van der Waals surface area contributed by atoms with Gasteiger partial charge in [-0.15, -0.1) is 0 Å². The first-order chi connectivity index (χ1) is 3.18. The van der Waals surface area contributed by atoms with Crippen LogP contribution in [0.5, 0.6) is 0 Å². The van der Waals surface area contributed by atoms with Crippen LogP contribution in [0.15, 0.2) is 0 Å². The molecular formula is CH5B2FO. The van der Waals surface area contributed by atoms with Crippen molar-refractivity contribution in [2.75, 3.05) is 0 Å². The van der Waals surface area contributed by atoms with Gasteiger partial charge in [-0.3, -0.25) is 4.32 Å². The Morgan fingerprint density at radius 2 is 3.40 bits per heavy atom. The molecule has 0 aromatic carbocycles. The molecule has 5 heavy (non-hydrogen) atoms. The van der Waals surface area contributed by atoms with Gasteiger partial charge >= 0.3 is 7.19 Å². The van der Waals surface area contributed by atoms with E-state index in [-0.39, 0.29) is 0 Å². The Kier molecular flexibility index (Phi) is 1.02. The molecule has 0 rings (SSSR count). The van der Waals surface area contributed by atoms with Gasteiger partial charge < -0.3 is 5.03 Å². The third kappa shape index (κ3) is 4.02. The maximum Gasteiger partial charge on any atom is 0.488 e. The molecular weight excluding hydrogens is 68.6 g/mol. The van der Waals surface area contributed by atoms with E-state index in [4.69, 9.17) is 2.80 Å². The van der Waals surface area contributed by atoms with Crippen LogP contribution >= 0.6 is 0 Å². The summed E-state index contributed by atoms with van der Waals surface area (Å²) in [5, 5.41) is 3.41. The summed E-state index contributed by atoms with van der Waals surface area (Å²) in [6, 6.07) is 0. The quantitative estimate of drug-likeness (QED) is 0.420. The normalized spacial score (nSPS) is 19.4. The van der Waals surface area contributed by atoms with E-state index in [1.165, 1.54) is 7.85 Å². The molecule has 0 radical (unpaired) electrons. The molecule has 1 nitrogen and oxygen atoms in total. The molecule has 1 N–H and O–H groups in total. The first-order valence-corrected chi connectivity index (χ1v) is 1.36. The van der Waals surface area contributed by atoms with Crippen molar-refractivity contribution in [1.29, 1.82) is 1.43 Å². The van der Waals surface area contributed by atoms with Crippen molar-refractivity contribution in [1.82, 2.24) is 0 Å². The second-order valence-corrected chi connectivity index (χ2v) is 0.684. The van der Waals surface area contributed by atoms with Gasteiger partial charge in [0.15, 0.2) is 1.43 Å². The summed E-state index contributed by atoms with van der Waals surface area (Å²) in [6.07, 6.45) is -0.961. The molecule has 0 aliphatic rings. The van der Waals surface area contributed by atoms with Crippen LogP contribution in [0.4, 0.5) is 4.32 Å². The van der Waals surface area contributed by atoms with Gasteiger partial charge in [-0.05, 0) is 6.20 Å². The summed E-state index contributed by atoms with van der Waals surface area (Å²) in [6.45, 7) is 0. The second kappa shape index (κ2) is 2.27. The Morgan fingerprint density at radius 3 is 3.40 bits per heavy atom. The predicted molar refractivity (Wildman–Crippen MR) is 22.4 cm³/mol. The molecule has 28 valence electrons. The molecule has 0 saturated carbocycles. The molecule has 0 bridgehead atoms. The van der Waals surface area contributed by atoms with Crippen molar-refractivity contribution in [2.45, 2.75) is 6.20 Å². The zero-order chi connectivity index (χ0) is 5.86. The van der Waals surface area contributed by atoms with Crippen LogP contribution in [0.3, 0.4) is 0 Å². The smallest absolute Gasteiger partial charge is 0.424 e. The van der Waals surface area contributed by atoms with Crippen molar-refractivity contribution >= 4 is 15.0 Å². The number of rotatable bonds is 2. The standard InChI is InChI=1S/CH5B2FO/c2-1-3(4)5/h5H,1-2H2/i1T,5D. The van der Waals surface area contributed by atoms with E-state index in [0.29, 0.717) is 0 Å². The SMILES string of the molecule is [2H]OB(F)C([3H])B. The van der Waals surface area contributed by atoms with Crippen molar-refractivity contribution in [3.8, 4) is 0 Å². The average Bonchev–Trinajstić information content (AvgIpc) is 1.65. The highest BCUT2D eigenvalue weighted by Gasteiger charge is 2.00. The number of hydrogen-bond acceptors (Lipinski definition) is 1. The third-order valence-corrected chi connectivity index (χ3v) is 0.262. The van der Waals surface area contributed by atoms with Gasteiger partial charge in [0.05, 0.1) is 7.85 Å². The van der Waals surface area contributed by atoms with E-state index in [9.17, 15) is 4.32 Å². The van der Waals surface area contributed by atoms with Gasteiger partial charge in [-0.1, -0.05) is 0 Å². The molecule has 0 aliphatic carbocycles. The number of halogens is 1. The van der Waals surface area contributed by atoms with Crippen LogP contribution in [0.2, 0.25) is 6.20 Å². The minimum atomic E-state index is -1.76. The lowest BCUT2D eigenvalue weighted by Crippen LogP contribution is -2.00. The Morgan fingerprint density at radius 1 is 2.80 bits per heavy atom. The molecule has 0 aromatic rings. The van der Waals surface area contributed by atoms with Crippen molar-refractivity contribution < 1.29 is 10.7 Å². The van der Waals surface area contributed by atoms with Crippen LogP contribution in [0, 0.1) is 0 Å². The van der Waals surface area contributed by atoms with Crippen molar-refractivity contribution in [3.05, 3.63) is 0 Å². The average molecular weight is 76.7 g/mol. The molecule has 0 aromatic heterocycles. The van der Waals surface area contributed by atoms with E-state index >= 15 is 0 Å². The Bertz CT molecular complexity index is 53.0. The molecule has 0 saturated heterocycles. The summed E-state index contributed by atoms with van der Waals surface area (Å²) in [7, 11) is -0.445. The van der Waals surface area contributed by atoms with Crippen LogP contribution in [-0.2, 0) is 0 Å². The summed E-state index contributed by atoms with van der Waals surface area (Å²) in [5.41, 5.74) is 0. The topological polar surface area (TPSA) is 20.2 Å². The fourth-order valence-corrected chi connectivity index (χ4v) is 0. The Balaban J connectivity index is 3.14. The van der Waals surface area contributed by atoms with E-state index in [1.807, 2.05) is 0 Å². The predicted octanol–water partition coefficient (Wildman–Crippen LogP) is -0.973. The molecule has 0 amide bonds. The fourth-order valence-electron chi connectivity index (χ4n) is 0. The van der Waals surface area contributed by atoms with Crippen LogP contribution < -0.4 is 0 Å². The summed E-state index contributed by atoms with van der Waals surface area (Å²) >= 11 is 0.